The summed E-state index contributed by atoms with van der Waals surface area (Å²) in [6.07, 6.45) is 8.38. The molecule has 10 heteroatoms. The minimum atomic E-state index is -1.36. The van der Waals surface area contributed by atoms with Gasteiger partial charge in [0.15, 0.2) is 5.78 Å². The minimum Gasteiger partial charge on any atom is -0.497 e. The number of methoxy groups -OCH3 is 2. The smallest absolute Gasteiger partial charge is 0.269 e. The number of carbonyl (C=O) groups excluding carboxylic acids is 2. The van der Waals surface area contributed by atoms with E-state index in [2.05, 4.69) is 0 Å². The quantitative estimate of drug-likeness (QED) is 0.192. The van der Waals surface area contributed by atoms with Gasteiger partial charge in [0.25, 0.3) is 5.69 Å². The van der Waals surface area contributed by atoms with E-state index in [1.54, 1.807) is 36.4 Å². The molecule has 10 nitrogen and oxygen atoms in total. The van der Waals surface area contributed by atoms with Crippen molar-refractivity contribution in [2.45, 2.75) is 24.8 Å². The number of ketones is 2. The molecule has 39 heavy (non-hydrogen) atoms. The molecule has 1 fully saturated rings. The van der Waals surface area contributed by atoms with Crippen LogP contribution in [0.1, 0.15) is 29.9 Å². The van der Waals surface area contributed by atoms with Crippen LogP contribution in [0.2, 0.25) is 0 Å². The van der Waals surface area contributed by atoms with Crippen molar-refractivity contribution in [2.24, 2.45) is 17.8 Å². The molecule has 5 atom stereocenters. The highest BCUT2D eigenvalue weighted by atomic mass is 16.6. The highest BCUT2D eigenvalue weighted by molar-refractivity contribution is 6.10. The van der Waals surface area contributed by atoms with Gasteiger partial charge in [0.05, 0.1) is 31.0 Å². The number of hydrogen-bond acceptors (Lipinski definition) is 8. The first kappa shape index (κ1) is 27.4. The van der Waals surface area contributed by atoms with E-state index in [4.69, 9.17) is 9.47 Å². The Bertz CT molecular complexity index is 1360. The predicted octanol–water partition coefficient (Wildman–Crippen LogP) is 4.93. The molecule has 0 aliphatic heterocycles. The Morgan fingerprint density at radius 1 is 1.05 bits per heavy atom. The zero-order valence-corrected chi connectivity index (χ0v) is 21.5. The van der Waals surface area contributed by atoms with Crippen molar-refractivity contribution in [3.8, 4) is 5.75 Å². The molecule has 0 amide bonds. The number of benzene rings is 2. The fourth-order valence-electron chi connectivity index (χ4n) is 5.49. The fourth-order valence-corrected chi connectivity index (χ4v) is 5.49. The topological polar surface area (TPSA) is 139 Å². The lowest BCUT2D eigenvalue weighted by Crippen LogP contribution is -2.51. The van der Waals surface area contributed by atoms with Gasteiger partial charge >= 0.3 is 0 Å². The Balaban J connectivity index is 1.75. The third-order valence-electron chi connectivity index (χ3n) is 7.41. The first-order chi connectivity index (χ1) is 18.7. The molecule has 0 N–H and O–H groups in total. The Morgan fingerprint density at radius 2 is 1.79 bits per heavy atom. The van der Waals surface area contributed by atoms with Gasteiger partial charge in [-0.05, 0) is 53.8 Å². The van der Waals surface area contributed by atoms with Crippen molar-refractivity contribution in [2.75, 3.05) is 14.2 Å². The monoisotopic (exact) mass is 532 g/mol. The average Bonchev–Trinajstić information content (AvgIpc) is 2.95. The first-order valence-electron chi connectivity index (χ1n) is 12.4. The highest BCUT2D eigenvalue weighted by Gasteiger charge is 2.55. The lowest BCUT2D eigenvalue weighted by atomic mass is 9.62. The zero-order valence-electron chi connectivity index (χ0n) is 21.5. The number of carbonyl (C=O) groups is 2. The number of allylic oxidation sites excluding steroid dienone is 4. The van der Waals surface area contributed by atoms with Crippen LogP contribution < -0.4 is 4.74 Å². The van der Waals surface area contributed by atoms with Crippen LogP contribution in [0.3, 0.4) is 0 Å². The van der Waals surface area contributed by atoms with E-state index in [1.807, 2.05) is 6.08 Å². The number of hydrogen-bond donors (Lipinski definition) is 0. The standard InChI is InChI=1S/C29H28N2O8/c1-38-22-11-6-18(7-12-22)8-15-25(32)28-26(33)17-24(19-9-13-23(39-2)14-10-19)29(31(36)37)27(28)20-4-3-5-21(16-20)30(34)35/h3-9,11-16,19,24,27-29H,10,17H2,1-2H3/b15-8+/t19?,24-,27+,28?,29+/m1/s1. The molecule has 2 aliphatic carbocycles. The van der Waals surface area contributed by atoms with Crippen molar-refractivity contribution in [1.82, 2.24) is 0 Å². The molecule has 1 saturated carbocycles. The van der Waals surface area contributed by atoms with Crippen molar-refractivity contribution in [1.29, 1.82) is 0 Å². The predicted molar refractivity (Wildman–Crippen MR) is 143 cm³/mol. The Kier molecular flexibility index (Phi) is 8.33. The average molecular weight is 533 g/mol. The van der Waals surface area contributed by atoms with Crippen LogP contribution in [-0.4, -0.2) is 41.7 Å². The van der Waals surface area contributed by atoms with Gasteiger partial charge in [0.2, 0.25) is 6.04 Å². The molecule has 4 rings (SSSR count). The van der Waals surface area contributed by atoms with E-state index < -0.39 is 45.2 Å². The van der Waals surface area contributed by atoms with E-state index >= 15 is 0 Å². The number of nitro groups is 2. The van der Waals surface area contributed by atoms with Gasteiger partial charge in [0.1, 0.15) is 17.3 Å². The maximum absolute atomic E-state index is 13.6. The Morgan fingerprint density at radius 3 is 2.38 bits per heavy atom. The molecule has 0 aromatic heterocycles. The summed E-state index contributed by atoms with van der Waals surface area (Å²) in [5.74, 6) is -3.33. The summed E-state index contributed by atoms with van der Waals surface area (Å²) < 4.78 is 10.4. The van der Waals surface area contributed by atoms with Crippen molar-refractivity contribution in [3.05, 3.63) is 110 Å². The summed E-state index contributed by atoms with van der Waals surface area (Å²) in [7, 11) is 3.06. The Labute approximate surface area is 224 Å². The summed E-state index contributed by atoms with van der Waals surface area (Å²) in [5.41, 5.74) is 0.624. The molecule has 202 valence electrons. The van der Waals surface area contributed by atoms with Crippen LogP contribution in [0, 0.1) is 38.0 Å². The van der Waals surface area contributed by atoms with E-state index in [-0.39, 0.29) is 23.6 Å². The summed E-state index contributed by atoms with van der Waals surface area (Å²) in [6, 6.07) is 11.0. The Hall–Kier alpha value is -4.60. The van der Waals surface area contributed by atoms with Crippen LogP contribution in [0.5, 0.6) is 5.75 Å². The van der Waals surface area contributed by atoms with Crippen LogP contribution >= 0.6 is 0 Å². The number of ether oxygens (including phenoxy) is 2. The van der Waals surface area contributed by atoms with Gasteiger partial charge in [-0.1, -0.05) is 36.4 Å². The molecule has 2 aliphatic rings. The lowest BCUT2D eigenvalue weighted by molar-refractivity contribution is -0.540. The second-order valence-electron chi connectivity index (χ2n) is 9.54. The number of nitrogens with zero attached hydrogens (tertiary/aromatic N) is 2. The minimum absolute atomic E-state index is 0.158. The molecular formula is C29H28N2O8. The third kappa shape index (κ3) is 5.95. The SMILES string of the molecule is COC1=CCC([C@H]2CC(=O)C(C(=O)/C=C/c3ccc(OC)cc3)[C@H](c3cccc([N+](=O)[O-])c3)[C@H]2[N+](=O)[O-])C=C1. The van der Waals surface area contributed by atoms with E-state index in [0.29, 0.717) is 23.5 Å². The van der Waals surface area contributed by atoms with E-state index in [1.165, 1.54) is 50.6 Å². The van der Waals surface area contributed by atoms with Gasteiger partial charge < -0.3 is 9.47 Å². The summed E-state index contributed by atoms with van der Waals surface area (Å²) in [5, 5.41) is 24.1. The summed E-state index contributed by atoms with van der Waals surface area (Å²) in [4.78, 5) is 50.1. The highest BCUT2D eigenvalue weighted by Crippen LogP contribution is 2.46. The van der Waals surface area contributed by atoms with Crippen molar-refractivity contribution < 1.29 is 28.9 Å². The van der Waals surface area contributed by atoms with Crippen LogP contribution in [-0.2, 0) is 14.3 Å². The number of rotatable bonds is 9. The van der Waals surface area contributed by atoms with Crippen LogP contribution in [0.15, 0.2) is 78.6 Å². The van der Waals surface area contributed by atoms with Gasteiger partial charge in [0, 0.05) is 29.4 Å². The molecule has 2 aromatic carbocycles. The molecule has 0 spiro atoms. The molecule has 0 radical (unpaired) electrons. The van der Waals surface area contributed by atoms with E-state index in [9.17, 15) is 29.8 Å². The fraction of sp³-hybridized carbons (Fsp3) is 0.310. The normalized spacial score (nSPS) is 24.7. The zero-order chi connectivity index (χ0) is 28.1. The van der Waals surface area contributed by atoms with Crippen molar-refractivity contribution >= 4 is 23.3 Å². The molecule has 0 bridgehead atoms. The lowest BCUT2D eigenvalue weighted by Gasteiger charge is -2.39. The van der Waals surface area contributed by atoms with Gasteiger partial charge in [-0.2, -0.15) is 0 Å². The maximum atomic E-state index is 13.6. The summed E-state index contributed by atoms with van der Waals surface area (Å²) in [6.45, 7) is 0. The van der Waals surface area contributed by atoms with Gasteiger partial charge in [-0.15, -0.1) is 0 Å². The molecule has 2 unspecified atom stereocenters. The number of Topliss-reactive ketones (excluding diaryl/α,β-unsaturated/α-hetero) is 1. The molecule has 0 saturated heterocycles. The third-order valence-corrected chi connectivity index (χ3v) is 7.41. The van der Waals surface area contributed by atoms with Crippen LogP contribution in [0.4, 0.5) is 5.69 Å². The number of nitro benzene ring substituents is 1. The second kappa shape index (κ2) is 11.8. The van der Waals surface area contributed by atoms with Crippen LogP contribution in [0.25, 0.3) is 6.08 Å². The molecule has 0 heterocycles. The number of non-ortho nitro benzene ring substituents is 1. The molecular weight excluding hydrogens is 504 g/mol. The largest absolute Gasteiger partial charge is 0.497 e. The van der Waals surface area contributed by atoms with Gasteiger partial charge in [-0.25, -0.2) is 0 Å². The summed E-state index contributed by atoms with van der Waals surface area (Å²) >= 11 is 0. The molecule has 2 aromatic rings. The van der Waals surface area contributed by atoms with Crippen molar-refractivity contribution in [3.63, 3.8) is 0 Å². The van der Waals surface area contributed by atoms with Gasteiger partial charge in [-0.3, -0.25) is 29.8 Å². The first-order valence-corrected chi connectivity index (χ1v) is 12.4. The maximum Gasteiger partial charge on any atom is 0.269 e. The second-order valence-corrected chi connectivity index (χ2v) is 9.54. The van der Waals surface area contributed by atoms with E-state index in [0.717, 1.165) is 0 Å².